The van der Waals surface area contributed by atoms with E-state index >= 15 is 0 Å². The molecule has 0 saturated heterocycles. The van der Waals surface area contributed by atoms with Crippen LogP contribution in [-0.2, 0) is 19.4 Å². The van der Waals surface area contributed by atoms with Gasteiger partial charge in [-0.25, -0.2) is 4.98 Å². The third-order valence-electron chi connectivity index (χ3n) is 4.01. The third kappa shape index (κ3) is 2.54. The maximum atomic E-state index is 9.17. The first-order valence-electron chi connectivity index (χ1n) is 7.16. The molecule has 1 aromatic heterocycles. The topological polar surface area (TPSA) is 36.4 Å². The summed E-state index contributed by atoms with van der Waals surface area (Å²) in [5, 5.41) is 9.17. The predicted molar refractivity (Wildman–Crippen MR) is 81.0 cm³/mol. The maximum Gasteiger partial charge on any atom is 0.131 e. The molecule has 3 nitrogen and oxygen atoms in total. The normalized spacial score (nSPS) is 14.8. The van der Waals surface area contributed by atoms with Crippen molar-refractivity contribution in [1.82, 2.24) is 4.98 Å². The van der Waals surface area contributed by atoms with Gasteiger partial charge in [0.05, 0.1) is 6.61 Å². The molecule has 2 heterocycles. The minimum Gasteiger partial charge on any atom is -0.392 e. The van der Waals surface area contributed by atoms with Crippen LogP contribution in [0.15, 0.2) is 36.5 Å². The summed E-state index contributed by atoms with van der Waals surface area (Å²) in [7, 11) is 0. The Morgan fingerprint density at radius 2 is 1.80 bits per heavy atom. The molecule has 1 aliphatic rings. The highest BCUT2D eigenvalue weighted by Gasteiger charge is 2.16. The minimum atomic E-state index is 0.0551. The average molecular weight is 268 g/mol. The van der Waals surface area contributed by atoms with Gasteiger partial charge >= 0.3 is 0 Å². The zero-order chi connectivity index (χ0) is 13.9. The van der Waals surface area contributed by atoms with Crippen LogP contribution in [0.4, 0.5) is 5.82 Å². The number of fused-ring (bicyclic) bond motifs is 1. The van der Waals surface area contributed by atoms with Crippen molar-refractivity contribution in [3.05, 3.63) is 58.8 Å². The molecule has 0 atom stereocenters. The summed E-state index contributed by atoms with van der Waals surface area (Å²) in [4.78, 5) is 6.90. The van der Waals surface area contributed by atoms with Gasteiger partial charge in [-0.15, -0.1) is 0 Å². The second-order valence-electron chi connectivity index (χ2n) is 5.40. The van der Waals surface area contributed by atoms with Crippen molar-refractivity contribution in [3.8, 4) is 0 Å². The van der Waals surface area contributed by atoms with Gasteiger partial charge in [-0.1, -0.05) is 24.3 Å². The number of aliphatic hydroxyl groups excluding tert-OH is 1. The summed E-state index contributed by atoms with van der Waals surface area (Å²) in [6, 6.07) is 10.7. The van der Waals surface area contributed by atoms with Gasteiger partial charge in [0.25, 0.3) is 0 Å². The Morgan fingerprint density at radius 3 is 2.35 bits per heavy atom. The molecule has 2 aromatic rings. The van der Waals surface area contributed by atoms with Crippen LogP contribution in [0.3, 0.4) is 0 Å². The van der Waals surface area contributed by atoms with E-state index in [2.05, 4.69) is 41.1 Å². The molecule has 1 aromatic carbocycles. The molecule has 0 unspecified atom stereocenters. The number of rotatable bonds is 2. The van der Waals surface area contributed by atoms with Gasteiger partial charge in [-0.3, -0.25) is 0 Å². The minimum absolute atomic E-state index is 0.0551. The van der Waals surface area contributed by atoms with Crippen molar-refractivity contribution < 1.29 is 5.11 Å². The molecule has 1 N–H and O–H groups in total. The van der Waals surface area contributed by atoms with Gasteiger partial charge in [0.2, 0.25) is 0 Å². The number of anilines is 1. The molecule has 0 bridgehead atoms. The fraction of sp³-hybridized carbons (Fsp3) is 0.353. The van der Waals surface area contributed by atoms with Crippen LogP contribution in [-0.4, -0.2) is 23.2 Å². The highest BCUT2D eigenvalue weighted by molar-refractivity contribution is 5.48. The Morgan fingerprint density at radius 1 is 1.15 bits per heavy atom. The second kappa shape index (κ2) is 5.63. The Hall–Kier alpha value is -1.87. The highest BCUT2D eigenvalue weighted by Crippen LogP contribution is 2.22. The van der Waals surface area contributed by atoms with E-state index in [-0.39, 0.29) is 6.61 Å². The van der Waals surface area contributed by atoms with Crippen molar-refractivity contribution in [2.24, 2.45) is 0 Å². The molecule has 0 saturated carbocycles. The van der Waals surface area contributed by atoms with Gasteiger partial charge in [0.1, 0.15) is 5.82 Å². The molecule has 3 heteroatoms. The average Bonchev–Trinajstić information content (AvgIpc) is 2.70. The van der Waals surface area contributed by atoms with Crippen LogP contribution < -0.4 is 4.90 Å². The van der Waals surface area contributed by atoms with Crippen molar-refractivity contribution in [2.45, 2.75) is 26.4 Å². The standard InChI is InChI=1S/C17H20N2O/c1-13-10-14(12-20)11-18-17(13)19-8-6-15-4-2-3-5-16(15)7-9-19/h2-5,10-11,20H,6-9,12H2,1H3. The lowest BCUT2D eigenvalue weighted by molar-refractivity contribution is 0.281. The van der Waals surface area contributed by atoms with Crippen LogP contribution in [0.5, 0.6) is 0 Å². The Balaban J connectivity index is 1.83. The molecule has 0 spiro atoms. The van der Waals surface area contributed by atoms with Crippen LogP contribution in [0.1, 0.15) is 22.3 Å². The van der Waals surface area contributed by atoms with Crippen molar-refractivity contribution >= 4 is 5.82 Å². The monoisotopic (exact) mass is 268 g/mol. The number of aliphatic hydroxyl groups is 1. The lowest BCUT2D eigenvalue weighted by Crippen LogP contribution is -2.27. The van der Waals surface area contributed by atoms with Gasteiger partial charge in [0.15, 0.2) is 0 Å². The van der Waals surface area contributed by atoms with Crippen LogP contribution >= 0.6 is 0 Å². The molecule has 0 amide bonds. The second-order valence-corrected chi connectivity index (χ2v) is 5.40. The summed E-state index contributed by atoms with van der Waals surface area (Å²) in [5.41, 5.74) is 4.94. The summed E-state index contributed by atoms with van der Waals surface area (Å²) in [6.45, 7) is 4.13. The SMILES string of the molecule is Cc1cc(CO)cnc1N1CCc2ccccc2CC1. The third-order valence-corrected chi connectivity index (χ3v) is 4.01. The van der Waals surface area contributed by atoms with E-state index in [0.29, 0.717) is 0 Å². The number of aromatic nitrogens is 1. The molecule has 0 radical (unpaired) electrons. The summed E-state index contributed by atoms with van der Waals surface area (Å²) in [6.07, 6.45) is 3.92. The van der Waals surface area contributed by atoms with Crippen LogP contribution in [0.2, 0.25) is 0 Å². The van der Waals surface area contributed by atoms with Crippen LogP contribution in [0, 0.1) is 6.92 Å². The summed E-state index contributed by atoms with van der Waals surface area (Å²) >= 11 is 0. The number of hydrogen-bond acceptors (Lipinski definition) is 3. The number of aryl methyl sites for hydroxylation is 1. The van der Waals surface area contributed by atoms with E-state index in [9.17, 15) is 5.11 Å². The van der Waals surface area contributed by atoms with Gasteiger partial charge in [0, 0.05) is 19.3 Å². The highest BCUT2D eigenvalue weighted by atomic mass is 16.3. The number of nitrogens with zero attached hydrogens (tertiary/aromatic N) is 2. The van der Waals surface area contributed by atoms with E-state index in [0.717, 1.165) is 42.9 Å². The molecule has 0 fully saturated rings. The predicted octanol–water partition coefficient (Wildman–Crippen LogP) is 2.49. The first-order valence-corrected chi connectivity index (χ1v) is 7.16. The van der Waals surface area contributed by atoms with Crippen molar-refractivity contribution in [2.75, 3.05) is 18.0 Å². The van der Waals surface area contributed by atoms with Crippen molar-refractivity contribution in [3.63, 3.8) is 0 Å². The fourth-order valence-corrected chi connectivity index (χ4v) is 2.92. The van der Waals surface area contributed by atoms with E-state index in [1.165, 1.54) is 11.1 Å². The summed E-state index contributed by atoms with van der Waals surface area (Å²) < 4.78 is 0. The van der Waals surface area contributed by atoms with Gasteiger partial charge < -0.3 is 10.0 Å². The maximum absolute atomic E-state index is 9.17. The Bertz CT molecular complexity index is 583. The molecule has 3 rings (SSSR count). The van der Waals surface area contributed by atoms with E-state index < -0.39 is 0 Å². The largest absolute Gasteiger partial charge is 0.392 e. The fourth-order valence-electron chi connectivity index (χ4n) is 2.92. The first-order chi connectivity index (χ1) is 9.78. The molecule has 0 aliphatic carbocycles. The molecule has 20 heavy (non-hydrogen) atoms. The van der Waals surface area contributed by atoms with Crippen LogP contribution in [0.25, 0.3) is 0 Å². The smallest absolute Gasteiger partial charge is 0.131 e. The lowest BCUT2D eigenvalue weighted by Gasteiger charge is -2.23. The quantitative estimate of drug-likeness (QED) is 0.909. The zero-order valence-corrected chi connectivity index (χ0v) is 11.8. The molecule has 1 aliphatic heterocycles. The van der Waals surface area contributed by atoms with E-state index in [4.69, 9.17) is 0 Å². The molecule has 104 valence electrons. The molecular weight excluding hydrogens is 248 g/mol. The number of hydrogen-bond donors (Lipinski definition) is 1. The number of benzene rings is 1. The Kier molecular flexibility index (Phi) is 3.70. The van der Waals surface area contributed by atoms with Crippen molar-refractivity contribution in [1.29, 1.82) is 0 Å². The Labute approximate surface area is 119 Å². The van der Waals surface area contributed by atoms with Gasteiger partial charge in [-0.05, 0) is 48.1 Å². The summed E-state index contributed by atoms with van der Waals surface area (Å²) in [5.74, 6) is 1.05. The van der Waals surface area contributed by atoms with E-state index in [1.807, 2.05) is 6.07 Å². The number of pyridine rings is 1. The molecular formula is C17H20N2O. The first kappa shape index (κ1) is 13.1. The zero-order valence-electron chi connectivity index (χ0n) is 11.8. The lowest BCUT2D eigenvalue weighted by atomic mass is 10.0. The van der Waals surface area contributed by atoms with E-state index in [1.54, 1.807) is 6.20 Å². The van der Waals surface area contributed by atoms with Gasteiger partial charge in [-0.2, -0.15) is 0 Å².